The van der Waals surface area contributed by atoms with Crippen LogP contribution in [0.2, 0.25) is 5.02 Å². The minimum atomic E-state index is -0.174. The van der Waals surface area contributed by atoms with Gasteiger partial charge in [0, 0.05) is 43.1 Å². The molecule has 0 aliphatic carbocycles. The lowest BCUT2D eigenvalue weighted by molar-refractivity contribution is -0.120. The van der Waals surface area contributed by atoms with Crippen molar-refractivity contribution in [3.8, 4) is 0 Å². The van der Waals surface area contributed by atoms with Crippen molar-refractivity contribution >= 4 is 29.0 Å². The zero-order valence-electron chi connectivity index (χ0n) is 13.7. The number of halogens is 1. The Morgan fingerprint density at radius 3 is 2.46 bits per heavy atom. The Bertz CT molecular complexity index is 669. The highest BCUT2D eigenvalue weighted by atomic mass is 35.5. The van der Waals surface area contributed by atoms with E-state index in [0.717, 1.165) is 37.7 Å². The summed E-state index contributed by atoms with van der Waals surface area (Å²) in [6.07, 6.45) is 1.81. The van der Waals surface area contributed by atoms with Gasteiger partial charge < -0.3 is 10.2 Å². The fourth-order valence-electron chi connectivity index (χ4n) is 2.82. The van der Waals surface area contributed by atoms with E-state index in [4.69, 9.17) is 11.6 Å². The molecule has 1 fully saturated rings. The lowest BCUT2D eigenvalue weighted by Gasteiger charge is -2.37. The molecular formula is C18H21ClN4O. The summed E-state index contributed by atoms with van der Waals surface area (Å²) in [6.45, 7) is 5.37. The Hall–Kier alpha value is -2.11. The van der Waals surface area contributed by atoms with E-state index >= 15 is 0 Å². The van der Waals surface area contributed by atoms with Crippen LogP contribution in [-0.4, -0.2) is 48.0 Å². The first-order valence-corrected chi connectivity index (χ1v) is 8.48. The van der Waals surface area contributed by atoms with Gasteiger partial charge in [0.05, 0.1) is 6.04 Å². The number of hydrogen-bond donors (Lipinski definition) is 1. The number of pyridine rings is 1. The zero-order chi connectivity index (χ0) is 16.9. The Labute approximate surface area is 147 Å². The number of hydrogen-bond acceptors (Lipinski definition) is 4. The van der Waals surface area contributed by atoms with E-state index in [1.807, 2.05) is 43.5 Å². The van der Waals surface area contributed by atoms with Crippen LogP contribution in [0, 0.1) is 0 Å². The molecule has 1 aromatic heterocycles. The van der Waals surface area contributed by atoms with E-state index < -0.39 is 0 Å². The molecule has 1 atom stereocenters. The molecule has 1 unspecified atom stereocenters. The molecule has 0 spiro atoms. The lowest BCUT2D eigenvalue weighted by Crippen LogP contribution is -2.53. The van der Waals surface area contributed by atoms with Crippen LogP contribution in [0.5, 0.6) is 0 Å². The second-order valence-corrected chi connectivity index (χ2v) is 6.32. The van der Waals surface area contributed by atoms with Gasteiger partial charge in [-0.3, -0.25) is 9.69 Å². The smallest absolute Gasteiger partial charge is 0.241 e. The van der Waals surface area contributed by atoms with Crippen LogP contribution < -0.4 is 10.2 Å². The summed E-state index contributed by atoms with van der Waals surface area (Å²) in [5.41, 5.74) is 0.767. The van der Waals surface area contributed by atoms with Crippen molar-refractivity contribution in [2.24, 2.45) is 0 Å². The highest BCUT2D eigenvalue weighted by Crippen LogP contribution is 2.16. The largest absolute Gasteiger partial charge is 0.354 e. The van der Waals surface area contributed by atoms with Crippen LogP contribution in [-0.2, 0) is 4.79 Å². The molecule has 126 valence electrons. The van der Waals surface area contributed by atoms with Crippen LogP contribution in [0.25, 0.3) is 0 Å². The van der Waals surface area contributed by atoms with E-state index in [-0.39, 0.29) is 11.9 Å². The quantitative estimate of drug-likeness (QED) is 0.926. The maximum Gasteiger partial charge on any atom is 0.241 e. The van der Waals surface area contributed by atoms with Crippen molar-refractivity contribution in [1.82, 2.24) is 9.88 Å². The third-order valence-corrected chi connectivity index (χ3v) is 4.58. The normalized spacial score (nSPS) is 16.7. The van der Waals surface area contributed by atoms with E-state index in [2.05, 4.69) is 20.1 Å². The molecular weight excluding hydrogens is 324 g/mol. The van der Waals surface area contributed by atoms with Gasteiger partial charge in [-0.25, -0.2) is 4.98 Å². The van der Waals surface area contributed by atoms with Crippen molar-refractivity contribution in [2.75, 3.05) is 36.4 Å². The topological polar surface area (TPSA) is 48.5 Å². The summed E-state index contributed by atoms with van der Waals surface area (Å²) in [7, 11) is 0. The van der Waals surface area contributed by atoms with Crippen molar-refractivity contribution < 1.29 is 4.79 Å². The average molecular weight is 345 g/mol. The first kappa shape index (κ1) is 16.7. The molecule has 1 amide bonds. The van der Waals surface area contributed by atoms with Gasteiger partial charge in [-0.1, -0.05) is 17.7 Å². The summed E-state index contributed by atoms with van der Waals surface area (Å²) in [5, 5.41) is 3.60. The predicted molar refractivity (Wildman–Crippen MR) is 97.6 cm³/mol. The average Bonchev–Trinajstić information content (AvgIpc) is 2.64. The molecule has 1 saturated heterocycles. The van der Waals surface area contributed by atoms with Crippen LogP contribution in [0.4, 0.5) is 11.5 Å². The number of carbonyl (C=O) groups is 1. The number of amides is 1. The van der Waals surface area contributed by atoms with Gasteiger partial charge in [-0.2, -0.15) is 0 Å². The molecule has 5 nitrogen and oxygen atoms in total. The fraction of sp³-hybridized carbons (Fsp3) is 0.333. The van der Waals surface area contributed by atoms with Crippen LogP contribution in [0.3, 0.4) is 0 Å². The van der Waals surface area contributed by atoms with Crippen molar-refractivity contribution in [1.29, 1.82) is 0 Å². The summed E-state index contributed by atoms with van der Waals surface area (Å²) >= 11 is 5.87. The minimum absolute atomic E-state index is 0.00334. The maximum atomic E-state index is 12.4. The van der Waals surface area contributed by atoms with Crippen molar-refractivity contribution in [2.45, 2.75) is 13.0 Å². The number of nitrogens with zero attached hydrogens (tertiary/aromatic N) is 3. The Morgan fingerprint density at radius 1 is 1.12 bits per heavy atom. The number of rotatable bonds is 4. The summed E-state index contributed by atoms with van der Waals surface area (Å²) in [6, 6.07) is 12.9. The Morgan fingerprint density at radius 2 is 1.83 bits per heavy atom. The van der Waals surface area contributed by atoms with E-state index in [0.29, 0.717) is 5.02 Å². The Kier molecular flexibility index (Phi) is 5.33. The van der Waals surface area contributed by atoms with Gasteiger partial charge >= 0.3 is 0 Å². The zero-order valence-corrected chi connectivity index (χ0v) is 14.4. The van der Waals surface area contributed by atoms with Crippen LogP contribution >= 0.6 is 11.6 Å². The highest BCUT2D eigenvalue weighted by Gasteiger charge is 2.26. The molecule has 1 aromatic carbocycles. The second-order valence-electron chi connectivity index (χ2n) is 5.88. The van der Waals surface area contributed by atoms with Gasteiger partial charge in [0.15, 0.2) is 0 Å². The molecule has 24 heavy (non-hydrogen) atoms. The monoisotopic (exact) mass is 344 g/mol. The van der Waals surface area contributed by atoms with Gasteiger partial charge in [-0.05, 0) is 43.3 Å². The minimum Gasteiger partial charge on any atom is -0.354 e. The molecule has 0 bridgehead atoms. The molecule has 1 aliphatic rings. The van der Waals surface area contributed by atoms with E-state index in [1.165, 1.54) is 0 Å². The fourth-order valence-corrected chi connectivity index (χ4v) is 2.95. The van der Waals surface area contributed by atoms with Crippen LogP contribution in [0.1, 0.15) is 6.92 Å². The highest BCUT2D eigenvalue weighted by molar-refractivity contribution is 6.30. The number of benzene rings is 1. The molecule has 6 heteroatoms. The van der Waals surface area contributed by atoms with E-state index in [1.54, 1.807) is 12.1 Å². The van der Waals surface area contributed by atoms with Gasteiger partial charge in [0.25, 0.3) is 0 Å². The molecule has 2 aromatic rings. The lowest BCUT2D eigenvalue weighted by atomic mass is 10.2. The summed E-state index contributed by atoms with van der Waals surface area (Å²) < 4.78 is 0. The summed E-state index contributed by atoms with van der Waals surface area (Å²) in [5.74, 6) is 0.999. The standard InChI is InChI=1S/C18H21ClN4O/c1-14(18(24)21-16-7-5-15(19)6-8-16)22-10-12-23(13-11-22)17-4-2-3-9-20-17/h2-9,14H,10-13H2,1H3,(H,21,24). The third-order valence-electron chi connectivity index (χ3n) is 4.33. The number of anilines is 2. The van der Waals surface area contributed by atoms with Gasteiger partial charge in [0.1, 0.15) is 5.82 Å². The molecule has 1 aliphatic heterocycles. The van der Waals surface area contributed by atoms with Gasteiger partial charge in [0.2, 0.25) is 5.91 Å². The SMILES string of the molecule is CC(C(=O)Nc1ccc(Cl)cc1)N1CCN(c2ccccn2)CC1. The van der Waals surface area contributed by atoms with E-state index in [9.17, 15) is 4.79 Å². The van der Waals surface area contributed by atoms with Crippen LogP contribution in [0.15, 0.2) is 48.7 Å². The molecule has 2 heterocycles. The number of aromatic nitrogens is 1. The Balaban J connectivity index is 1.53. The summed E-state index contributed by atoms with van der Waals surface area (Å²) in [4.78, 5) is 21.3. The molecule has 3 rings (SSSR count). The number of nitrogens with one attached hydrogen (secondary N) is 1. The first-order chi connectivity index (χ1) is 11.6. The predicted octanol–water partition coefficient (Wildman–Crippen LogP) is 2.88. The van der Waals surface area contributed by atoms with Gasteiger partial charge in [-0.15, -0.1) is 0 Å². The van der Waals surface area contributed by atoms with Crippen molar-refractivity contribution in [3.63, 3.8) is 0 Å². The van der Waals surface area contributed by atoms with Crippen molar-refractivity contribution in [3.05, 3.63) is 53.7 Å². The third kappa shape index (κ3) is 4.04. The molecule has 0 saturated carbocycles. The number of carbonyl (C=O) groups excluding carboxylic acids is 1. The molecule has 0 radical (unpaired) electrons. The molecule has 1 N–H and O–H groups in total. The second kappa shape index (κ2) is 7.64. The maximum absolute atomic E-state index is 12.4. The first-order valence-electron chi connectivity index (χ1n) is 8.10. The number of piperazine rings is 1.